The third-order valence-electron chi connectivity index (χ3n) is 5.10. The third-order valence-corrected chi connectivity index (χ3v) is 6.31. The van der Waals surface area contributed by atoms with E-state index in [9.17, 15) is 4.79 Å². The molecule has 2 aromatic carbocycles. The second-order valence-electron chi connectivity index (χ2n) is 7.37. The maximum Gasteiger partial charge on any atom is 0.223 e. The maximum atomic E-state index is 12.1. The number of hydrogen-bond donors (Lipinski definition) is 1. The molecule has 29 heavy (non-hydrogen) atoms. The van der Waals surface area contributed by atoms with Crippen LogP contribution in [-0.4, -0.2) is 20.7 Å². The summed E-state index contributed by atoms with van der Waals surface area (Å²) in [7, 11) is 0. The van der Waals surface area contributed by atoms with E-state index in [0.717, 1.165) is 35.0 Å². The topological polar surface area (TPSA) is 59.8 Å². The lowest BCUT2D eigenvalue weighted by molar-refractivity contribution is -0.122. The molecule has 0 unspecified atom stereocenters. The van der Waals surface area contributed by atoms with Crippen LogP contribution in [0.15, 0.2) is 47.6 Å². The Morgan fingerprint density at radius 1 is 1.17 bits per heavy atom. The van der Waals surface area contributed by atoms with Gasteiger partial charge in [0.05, 0.1) is 12.2 Å². The minimum atomic E-state index is 0.0940. The number of halogens is 1. The summed E-state index contributed by atoms with van der Waals surface area (Å²) < 4.78 is 2.01. The summed E-state index contributed by atoms with van der Waals surface area (Å²) in [5, 5.41) is 13.3. The number of amides is 1. The zero-order valence-electron chi connectivity index (χ0n) is 16.5. The van der Waals surface area contributed by atoms with Crippen LogP contribution in [0, 0.1) is 19.8 Å². The van der Waals surface area contributed by atoms with E-state index in [-0.39, 0.29) is 11.8 Å². The zero-order chi connectivity index (χ0) is 20.4. The smallest absolute Gasteiger partial charge is 0.223 e. The van der Waals surface area contributed by atoms with Gasteiger partial charge < -0.3 is 5.32 Å². The molecular weight excluding hydrogens is 404 g/mol. The summed E-state index contributed by atoms with van der Waals surface area (Å²) in [5.74, 6) is 1.75. The highest BCUT2D eigenvalue weighted by Gasteiger charge is 2.29. The van der Waals surface area contributed by atoms with Gasteiger partial charge in [-0.15, -0.1) is 10.2 Å². The number of rotatable bonds is 7. The Morgan fingerprint density at radius 3 is 2.72 bits per heavy atom. The fraction of sp³-hybridized carbons (Fsp3) is 0.318. The molecule has 1 saturated carbocycles. The van der Waals surface area contributed by atoms with E-state index in [0.29, 0.717) is 17.4 Å². The highest BCUT2D eigenvalue weighted by molar-refractivity contribution is 7.98. The van der Waals surface area contributed by atoms with Gasteiger partial charge in [0, 0.05) is 16.7 Å². The van der Waals surface area contributed by atoms with E-state index in [2.05, 4.69) is 34.6 Å². The average molecular weight is 427 g/mol. The number of nitrogens with one attached hydrogen (secondary N) is 1. The molecule has 3 aromatic rings. The van der Waals surface area contributed by atoms with Crippen LogP contribution in [0.5, 0.6) is 0 Å². The molecule has 0 saturated heterocycles. The molecule has 0 bridgehead atoms. The number of carbonyl (C=O) groups excluding carboxylic acids is 1. The van der Waals surface area contributed by atoms with Gasteiger partial charge in [-0.05, 0) is 55.5 Å². The lowest BCUT2D eigenvalue weighted by atomic mass is 10.1. The predicted molar refractivity (Wildman–Crippen MR) is 116 cm³/mol. The largest absolute Gasteiger partial charge is 0.349 e. The summed E-state index contributed by atoms with van der Waals surface area (Å²) in [5.41, 5.74) is 4.52. The van der Waals surface area contributed by atoms with Crippen molar-refractivity contribution in [2.45, 2.75) is 44.1 Å². The van der Waals surface area contributed by atoms with E-state index in [4.69, 9.17) is 11.6 Å². The third kappa shape index (κ3) is 4.65. The Balaban J connectivity index is 1.64. The molecule has 1 fully saturated rings. The van der Waals surface area contributed by atoms with Crippen LogP contribution in [0.25, 0.3) is 5.69 Å². The lowest BCUT2D eigenvalue weighted by Crippen LogP contribution is -2.26. The second kappa shape index (κ2) is 8.59. The van der Waals surface area contributed by atoms with Crippen molar-refractivity contribution >= 4 is 29.3 Å². The Labute approximate surface area is 179 Å². The van der Waals surface area contributed by atoms with Crippen molar-refractivity contribution in [1.29, 1.82) is 0 Å². The first-order valence-corrected chi connectivity index (χ1v) is 11.0. The molecule has 0 atom stereocenters. The molecule has 1 heterocycles. The normalized spacial score (nSPS) is 13.5. The van der Waals surface area contributed by atoms with Crippen LogP contribution < -0.4 is 5.32 Å². The minimum Gasteiger partial charge on any atom is -0.349 e. The van der Waals surface area contributed by atoms with Crippen molar-refractivity contribution in [1.82, 2.24) is 20.1 Å². The Hall–Kier alpha value is -2.31. The summed E-state index contributed by atoms with van der Waals surface area (Å²) in [6.07, 6.45) is 1.95. The van der Waals surface area contributed by atoms with Crippen molar-refractivity contribution in [2.24, 2.45) is 5.92 Å². The van der Waals surface area contributed by atoms with Crippen molar-refractivity contribution in [3.8, 4) is 5.69 Å². The predicted octanol–water partition coefficient (Wildman–Crippen LogP) is 4.86. The minimum absolute atomic E-state index is 0.0940. The molecule has 1 aliphatic rings. The first-order valence-electron chi connectivity index (χ1n) is 9.69. The van der Waals surface area contributed by atoms with Gasteiger partial charge in [0.15, 0.2) is 11.0 Å². The second-order valence-corrected chi connectivity index (χ2v) is 8.75. The molecule has 5 nitrogen and oxygen atoms in total. The quantitative estimate of drug-likeness (QED) is 0.548. The molecule has 7 heteroatoms. The molecule has 0 spiro atoms. The highest BCUT2D eigenvalue weighted by atomic mass is 35.5. The zero-order valence-corrected chi connectivity index (χ0v) is 18.1. The number of aromatic nitrogens is 3. The van der Waals surface area contributed by atoms with E-state index in [1.807, 2.05) is 41.8 Å². The molecule has 1 aromatic heterocycles. The molecule has 150 valence electrons. The number of aryl methyl sites for hydroxylation is 2. The summed E-state index contributed by atoms with van der Waals surface area (Å²) in [6.45, 7) is 4.49. The van der Waals surface area contributed by atoms with Gasteiger partial charge in [-0.3, -0.25) is 9.36 Å². The van der Waals surface area contributed by atoms with Crippen LogP contribution in [0.2, 0.25) is 5.02 Å². The summed E-state index contributed by atoms with van der Waals surface area (Å²) in [6, 6.07) is 14.1. The van der Waals surface area contributed by atoms with Gasteiger partial charge in [-0.25, -0.2) is 0 Å². The Kier molecular flexibility index (Phi) is 5.92. The standard InChI is InChI=1S/C22H23ClN4OS/c1-14-5-3-4-6-17(14)13-29-22-26-25-20(12-24-21(28)16-8-9-16)27(22)19-11-18(23)10-7-15(19)2/h3-7,10-11,16H,8-9,12-13H2,1-2H3,(H,24,28). The monoisotopic (exact) mass is 426 g/mol. The van der Waals surface area contributed by atoms with E-state index < -0.39 is 0 Å². The van der Waals surface area contributed by atoms with Crippen LogP contribution in [0.1, 0.15) is 35.4 Å². The lowest BCUT2D eigenvalue weighted by Gasteiger charge is -2.14. The fourth-order valence-corrected chi connectivity index (χ4v) is 4.35. The van der Waals surface area contributed by atoms with Crippen molar-refractivity contribution in [3.63, 3.8) is 0 Å². The van der Waals surface area contributed by atoms with E-state index in [1.165, 1.54) is 11.1 Å². The van der Waals surface area contributed by atoms with Crippen LogP contribution in [-0.2, 0) is 17.1 Å². The number of carbonyl (C=O) groups is 1. The molecular formula is C22H23ClN4OS. The SMILES string of the molecule is Cc1ccccc1CSc1nnc(CNC(=O)C2CC2)n1-c1cc(Cl)ccc1C. The van der Waals surface area contributed by atoms with Gasteiger partial charge >= 0.3 is 0 Å². The average Bonchev–Trinajstić information content (AvgIpc) is 3.49. The highest BCUT2D eigenvalue weighted by Crippen LogP contribution is 2.30. The first-order chi connectivity index (χ1) is 14.0. The molecule has 1 N–H and O–H groups in total. The van der Waals surface area contributed by atoms with Gasteiger partial charge in [0.1, 0.15) is 0 Å². The van der Waals surface area contributed by atoms with Crippen LogP contribution in [0.3, 0.4) is 0 Å². The number of thioether (sulfide) groups is 1. The molecule has 0 radical (unpaired) electrons. The number of nitrogens with zero attached hydrogens (tertiary/aromatic N) is 3. The maximum absolute atomic E-state index is 12.1. The number of hydrogen-bond acceptors (Lipinski definition) is 4. The van der Waals surface area contributed by atoms with Crippen LogP contribution in [0.4, 0.5) is 0 Å². The molecule has 0 aliphatic heterocycles. The van der Waals surface area contributed by atoms with Crippen LogP contribution >= 0.6 is 23.4 Å². The molecule has 1 amide bonds. The van der Waals surface area contributed by atoms with Gasteiger partial charge in [0.25, 0.3) is 0 Å². The van der Waals surface area contributed by atoms with Gasteiger partial charge in [-0.1, -0.05) is 53.7 Å². The van der Waals surface area contributed by atoms with Crippen molar-refractivity contribution in [3.05, 3.63) is 70.0 Å². The number of benzene rings is 2. The summed E-state index contributed by atoms with van der Waals surface area (Å²) in [4.78, 5) is 12.1. The van der Waals surface area contributed by atoms with E-state index >= 15 is 0 Å². The fourth-order valence-electron chi connectivity index (χ4n) is 3.14. The first kappa shape index (κ1) is 20.0. The van der Waals surface area contributed by atoms with Crippen molar-refractivity contribution in [2.75, 3.05) is 0 Å². The van der Waals surface area contributed by atoms with E-state index in [1.54, 1.807) is 11.8 Å². The Morgan fingerprint density at radius 2 is 1.97 bits per heavy atom. The summed E-state index contributed by atoms with van der Waals surface area (Å²) >= 11 is 7.91. The molecule has 4 rings (SSSR count). The van der Waals surface area contributed by atoms with Gasteiger partial charge in [-0.2, -0.15) is 0 Å². The van der Waals surface area contributed by atoms with Gasteiger partial charge in [0.2, 0.25) is 5.91 Å². The molecule has 1 aliphatic carbocycles. The van der Waals surface area contributed by atoms with Crippen molar-refractivity contribution < 1.29 is 4.79 Å². The Bertz CT molecular complexity index is 1050.